The molecule has 148 valence electrons. The van der Waals surface area contributed by atoms with E-state index in [1.54, 1.807) is 0 Å². The van der Waals surface area contributed by atoms with Gasteiger partial charge in [-0.3, -0.25) is 0 Å². The van der Waals surface area contributed by atoms with Crippen LogP contribution in [0.3, 0.4) is 0 Å². The van der Waals surface area contributed by atoms with Gasteiger partial charge < -0.3 is 14.6 Å². The first kappa shape index (κ1) is 20.2. The second-order valence-electron chi connectivity index (χ2n) is 6.94. The third kappa shape index (κ3) is 5.02. The zero-order valence-electron chi connectivity index (χ0n) is 17.1. The summed E-state index contributed by atoms with van der Waals surface area (Å²) in [5.74, 6) is 2.70. The minimum atomic E-state index is 0.292. The zero-order valence-corrected chi connectivity index (χ0v) is 17.1. The summed E-state index contributed by atoms with van der Waals surface area (Å²) >= 11 is 0. The van der Waals surface area contributed by atoms with Gasteiger partial charge in [-0.05, 0) is 42.7 Å². The van der Waals surface area contributed by atoms with E-state index < -0.39 is 0 Å². The van der Waals surface area contributed by atoms with Crippen LogP contribution in [0.5, 0.6) is 11.5 Å². The van der Waals surface area contributed by atoms with Gasteiger partial charge in [0.2, 0.25) is 0 Å². The molecule has 0 bridgehead atoms. The van der Waals surface area contributed by atoms with Crippen LogP contribution < -0.4 is 10.1 Å². The van der Waals surface area contributed by atoms with Gasteiger partial charge in [0.05, 0.1) is 5.69 Å². The highest BCUT2D eigenvalue weighted by atomic mass is 16.5. The smallest absolute Gasteiger partial charge is 0.141 e. The van der Waals surface area contributed by atoms with Gasteiger partial charge in [0.1, 0.15) is 17.3 Å². The lowest BCUT2D eigenvalue weighted by atomic mass is 10.0. The van der Waals surface area contributed by atoms with Crippen LogP contribution >= 0.6 is 0 Å². The predicted octanol–water partition coefficient (Wildman–Crippen LogP) is 6.22. The quantitative estimate of drug-likeness (QED) is 0.455. The highest BCUT2D eigenvalue weighted by molar-refractivity contribution is 5.34. The third-order valence-electron chi connectivity index (χ3n) is 4.97. The van der Waals surface area contributed by atoms with Gasteiger partial charge in [0, 0.05) is 24.6 Å². The molecule has 3 aromatic rings. The molecule has 4 heteroatoms. The lowest BCUT2D eigenvalue weighted by Gasteiger charge is -2.19. The van der Waals surface area contributed by atoms with Crippen LogP contribution in [0, 0.1) is 0 Å². The van der Waals surface area contributed by atoms with E-state index in [2.05, 4.69) is 43.4 Å². The van der Waals surface area contributed by atoms with E-state index in [1.165, 1.54) is 11.1 Å². The molecule has 0 spiro atoms. The largest absolute Gasteiger partial charge is 0.457 e. The van der Waals surface area contributed by atoms with Gasteiger partial charge in [0.15, 0.2) is 0 Å². The van der Waals surface area contributed by atoms with Gasteiger partial charge in [-0.2, -0.15) is 0 Å². The minimum Gasteiger partial charge on any atom is -0.457 e. The number of hydrogen-bond acceptors (Lipinski definition) is 4. The van der Waals surface area contributed by atoms with Crippen LogP contribution in [0.25, 0.3) is 0 Å². The number of ether oxygens (including phenoxy) is 1. The fraction of sp³-hybridized carbons (Fsp3) is 0.375. The van der Waals surface area contributed by atoms with Crippen LogP contribution in [0.1, 0.15) is 62.2 Å². The van der Waals surface area contributed by atoms with Crippen molar-refractivity contribution >= 4 is 0 Å². The molecule has 1 N–H and O–H groups in total. The van der Waals surface area contributed by atoms with Crippen molar-refractivity contribution in [3.05, 3.63) is 77.2 Å². The van der Waals surface area contributed by atoms with E-state index in [0.29, 0.717) is 6.04 Å². The zero-order chi connectivity index (χ0) is 19.8. The Balaban J connectivity index is 1.69. The molecule has 0 amide bonds. The van der Waals surface area contributed by atoms with Crippen LogP contribution in [0.15, 0.2) is 59.1 Å². The Morgan fingerprint density at radius 3 is 2.29 bits per heavy atom. The van der Waals surface area contributed by atoms with E-state index in [9.17, 15) is 0 Å². The van der Waals surface area contributed by atoms with Crippen molar-refractivity contribution in [3.63, 3.8) is 0 Å². The van der Waals surface area contributed by atoms with Gasteiger partial charge in [-0.15, -0.1) is 0 Å². The highest BCUT2D eigenvalue weighted by Crippen LogP contribution is 2.26. The Bertz CT molecular complexity index is 819. The monoisotopic (exact) mass is 378 g/mol. The first-order chi connectivity index (χ1) is 13.7. The molecule has 0 saturated heterocycles. The molecule has 1 atom stereocenters. The van der Waals surface area contributed by atoms with Crippen LogP contribution in [0.2, 0.25) is 0 Å². The molecular formula is C24H30N2O2. The molecule has 0 fully saturated rings. The number of nitrogens with zero attached hydrogens (tertiary/aromatic N) is 1. The van der Waals surface area contributed by atoms with Crippen LogP contribution in [-0.4, -0.2) is 5.16 Å². The topological polar surface area (TPSA) is 47.3 Å². The van der Waals surface area contributed by atoms with Gasteiger partial charge >= 0.3 is 0 Å². The summed E-state index contributed by atoms with van der Waals surface area (Å²) < 4.78 is 11.4. The number of aryl methyl sites for hydroxylation is 2. The van der Waals surface area contributed by atoms with Crippen LogP contribution in [-0.2, 0) is 19.4 Å². The summed E-state index contributed by atoms with van der Waals surface area (Å²) in [6.45, 7) is 7.23. The van der Waals surface area contributed by atoms with Crippen molar-refractivity contribution in [2.24, 2.45) is 0 Å². The van der Waals surface area contributed by atoms with Crippen molar-refractivity contribution in [1.29, 1.82) is 0 Å². The van der Waals surface area contributed by atoms with Crippen molar-refractivity contribution in [2.75, 3.05) is 0 Å². The van der Waals surface area contributed by atoms with E-state index in [-0.39, 0.29) is 0 Å². The predicted molar refractivity (Wildman–Crippen MR) is 113 cm³/mol. The molecule has 0 aliphatic heterocycles. The highest BCUT2D eigenvalue weighted by Gasteiger charge is 2.16. The van der Waals surface area contributed by atoms with Gasteiger partial charge in [0.25, 0.3) is 0 Å². The second-order valence-corrected chi connectivity index (χ2v) is 6.94. The summed E-state index contributed by atoms with van der Waals surface area (Å²) in [5.41, 5.74) is 3.55. The van der Waals surface area contributed by atoms with Gasteiger partial charge in [-0.1, -0.05) is 62.7 Å². The van der Waals surface area contributed by atoms with E-state index in [4.69, 9.17) is 9.26 Å². The molecule has 2 aromatic carbocycles. The molecule has 1 heterocycles. The average molecular weight is 379 g/mol. The minimum absolute atomic E-state index is 0.292. The number of rotatable bonds is 10. The Hall–Kier alpha value is -2.59. The number of nitrogens with one attached hydrogen (secondary N) is 1. The van der Waals surface area contributed by atoms with E-state index in [0.717, 1.165) is 55.2 Å². The summed E-state index contributed by atoms with van der Waals surface area (Å²) in [5, 5.41) is 7.94. The molecule has 0 saturated carbocycles. The standard InChI is InChI=1S/C24H30N2O2/c1-4-10-23(25-17-21-22(5-2)26-28-24(21)6-3)18-13-15-20(16-14-18)27-19-11-8-7-9-12-19/h7-9,11-16,23,25H,4-6,10,17H2,1-3H3. The third-order valence-corrected chi connectivity index (χ3v) is 4.97. The SMILES string of the molecule is CCCC(NCc1c(CC)noc1CC)c1ccc(Oc2ccccc2)cc1. The first-order valence-electron chi connectivity index (χ1n) is 10.3. The maximum Gasteiger partial charge on any atom is 0.141 e. The normalized spacial score (nSPS) is 12.1. The molecule has 1 unspecified atom stereocenters. The van der Waals surface area contributed by atoms with Crippen molar-refractivity contribution < 1.29 is 9.26 Å². The van der Waals surface area contributed by atoms with Gasteiger partial charge in [-0.25, -0.2) is 0 Å². The number of para-hydroxylation sites is 1. The molecule has 28 heavy (non-hydrogen) atoms. The molecule has 0 aliphatic carbocycles. The Morgan fingerprint density at radius 1 is 0.929 bits per heavy atom. The fourth-order valence-electron chi connectivity index (χ4n) is 3.43. The first-order valence-corrected chi connectivity index (χ1v) is 10.3. The lowest BCUT2D eigenvalue weighted by molar-refractivity contribution is 0.379. The summed E-state index contributed by atoms with van der Waals surface area (Å²) in [6.07, 6.45) is 3.95. The molecule has 4 nitrogen and oxygen atoms in total. The van der Waals surface area contributed by atoms with Crippen molar-refractivity contribution in [3.8, 4) is 11.5 Å². The second kappa shape index (κ2) is 10.1. The maximum atomic E-state index is 5.91. The molecule has 0 radical (unpaired) electrons. The average Bonchev–Trinajstić information content (AvgIpc) is 3.14. The number of benzene rings is 2. The number of hydrogen-bond donors (Lipinski definition) is 1. The molecule has 0 aliphatic rings. The molecule has 3 rings (SSSR count). The fourth-order valence-corrected chi connectivity index (χ4v) is 3.43. The summed E-state index contributed by atoms with van der Waals surface area (Å²) in [7, 11) is 0. The van der Waals surface area contributed by atoms with Crippen molar-refractivity contribution in [1.82, 2.24) is 10.5 Å². The Kier molecular flexibility index (Phi) is 7.26. The maximum absolute atomic E-state index is 5.91. The lowest BCUT2D eigenvalue weighted by Crippen LogP contribution is -2.21. The Morgan fingerprint density at radius 2 is 1.64 bits per heavy atom. The van der Waals surface area contributed by atoms with Crippen molar-refractivity contribution in [2.45, 2.75) is 59.0 Å². The van der Waals surface area contributed by atoms with E-state index in [1.807, 2.05) is 42.5 Å². The van der Waals surface area contributed by atoms with E-state index >= 15 is 0 Å². The molecular weight excluding hydrogens is 348 g/mol. The summed E-state index contributed by atoms with van der Waals surface area (Å²) in [6, 6.07) is 18.6. The number of aromatic nitrogens is 1. The Labute approximate surface area is 167 Å². The summed E-state index contributed by atoms with van der Waals surface area (Å²) in [4.78, 5) is 0. The van der Waals surface area contributed by atoms with Crippen LogP contribution in [0.4, 0.5) is 0 Å². The molecule has 1 aromatic heterocycles.